The van der Waals surface area contributed by atoms with Crippen LogP contribution in [0.2, 0.25) is 5.02 Å². The average Bonchev–Trinajstić information content (AvgIpc) is 2.50. The largest absolute Gasteiger partial charge is 0.383 e. The van der Waals surface area contributed by atoms with Crippen LogP contribution < -0.4 is 10.6 Å². The van der Waals surface area contributed by atoms with Gasteiger partial charge in [0.2, 0.25) is 0 Å². The molecular formula is C14H15ClN4O2. The SMILES string of the molecule is COCCNC(=O)c1cc(Nc2ccc(Cl)cc2)ncn1. The normalized spacial score (nSPS) is 10.2. The van der Waals surface area contributed by atoms with Crippen LogP contribution in [0, 0.1) is 0 Å². The van der Waals surface area contributed by atoms with Gasteiger partial charge in [-0.2, -0.15) is 0 Å². The topological polar surface area (TPSA) is 76.1 Å². The third-order valence-electron chi connectivity index (χ3n) is 2.61. The molecule has 2 rings (SSSR count). The number of methoxy groups -OCH3 is 1. The molecule has 0 aliphatic carbocycles. The Kier molecular flexibility index (Phi) is 5.48. The lowest BCUT2D eigenvalue weighted by Gasteiger charge is -2.07. The molecule has 110 valence electrons. The number of nitrogens with zero attached hydrogens (tertiary/aromatic N) is 2. The fourth-order valence-electron chi connectivity index (χ4n) is 1.59. The van der Waals surface area contributed by atoms with Gasteiger partial charge < -0.3 is 15.4 Å². The molecule has 7 heteroatoms. The van der Waals surface area contributed by atoms with Crippen LogP contribution >= 0.6 is 11.6 Å². The van der Waals surface area contributed by atoms with E-state index < -0.39 is 0 Å². The van der Waals surface area contributed by atoms with Gasteiger partial charge in [0.15, 0.2) is 0 Å². The molecule has 0 saturated carbocycles. The van der Waals surface area contributed by atoms with Gasteiger partial charge in [-0.1, -0.05) is 11.6 Å². The molecule has 1 aromatic carbocycles. The minimum Gasteiger partial charge on any atom is -0.383 e. The van der Waals surface area contributed by atoms with Crippen molar-refractivity contribution < 1.29 is 9.53 Å². The average molecular weight is 307 g/mol. The molecule has 0 radical (unpaired) electrons. The molecule has 0 spiro atoms. The van der Waals surface area contributed by atoms with Crippen LogP contribution in [0.4, 0.5) is 11.5 Å². The van der Waals surface area contributed by atoms with E-state index in [2.05, 4.69) is 20.6 Å². The first-order valence-electron chi connectivity index (χ1n) is 6.31. The van der Waals surface area contributed by atoms with Crippen LogP contribution in [-0.4, -0.2) is 36.1 Å². The number of benzene rings is 1. The summed E-state index contributed by atoms with van der Waals surface area (Å²) in [6.07, 6.45) is 1.34. The highest BCUT2D eigenvalue weighted by atomic mass is 35.5. The summed E-state index contributed by atoms with van der Waals surface area (Å²) >= 11 is 5.83. The lowest BCUT2D eigenvalue weighted by molar-refractivity contribution is 0.0932. The zero-order valence-electron chi connectivity index (χ0n) is 11.5. The first-order chi connectivity index (χ1) is 10.2. The molecule has 0 bridgehead atoms. The highest BCUT2D eigenvalue weighted by Crippen LogP contribution is 2.17. The summed E-state index contributed by atoms with van der Waals surface area (Å²) in [5, 5.41) is 6.43. The molecule has 2 N–H and O–H groups in total. The second-order valence-corrected chi connectivity index (χ2v) is 4.61. The number of aromatic nitrogens is 2. The second-order valence-electron chi connectivity index (χ2n) is 4.17. The van der Waals surface area contributed by atoms with Crippen LogP contribution in [0.3, 0.4) is 0 Å². The Labute approximate surface area is 127 Å². The van der Waals surface area contributed by atoms with Crippen molar-refractivity contribution in [3.8, 4) is 0 Å². The van der Waals surface area contributed by atoms with Crippen LogP contribution in [-0.2, 0) is 4.74 Å². The number of anilines is 2. The van der Waals surface area contributed by atoms with Gasteiger partial charge >= 0.3 is 0 Å². The van der Waals surface area contributed by atoms with Crippen molar-refractivity contribution in [2.45, 2.75) is 0 Å². The number of hydrogen-bond acceptors (Lipinski definition) is 5. The van der Waals surface area contributed by atoms with E-state index in [1.807, 2.05) is 12.1 Å². The molecule has 0 aliphatic heterocycles. The van der Waals surface area contributed by atoms with Gasteiger partial charge in [-0.3, -0.25) is 4.79 Å². The molecule has 0 atom stereocenters. The second kappa shape index (κ2) is 7.56. The fraction of sp³-hybridized carbons (Fsp3) is 0.214. The molecular weight excluding hydrogens is 292 g/mol. The van der Waals surface area contributed by atoms with Crippen molar-refractivity contribution in [3.63, 3.8) is 0 Å². The predicted molar refractivity (Wildman–Crippen MR) is 81.0 cm³/mol. The van der Waals surface area contributed by atoms with Gasteiger partial charge in [-0.15, -0.1) is 0 Å². The Bertz CT molecular complexity index is 604. The Morgan fingerprint density at radius 2 is 2.05 bits per heavy atom. The standard InChI is InChI=1S/C14H15ClN4O2/c1-21-7-6-16-14(20)12-8-13(18-9-17-12)19-11-4-2-10(15)3-5-11/h2-5,8-9H,6-7H2,1H3,(H,16,20)(H,17,18,19). The maximum absolute atomic E-state index is 11.9. The number of nitrogens with one attached hydrogen (secondary N) is 2. The predicted octanol–water partition coefficient (Wildman–Crippen LogP) is 2.25. The zero-order chi connectivity index (χ0) is 15.1. The summed E-state index contributed by atoms with van der Waals surface area (Å²) in [5.74, 6) is 0.262. The van der Waals surface area contributed by atoms with E-state index in [-0.39, 0.29) is 11.6 Å². The Balaban J connectivity index is 2.03. The van der Waals surface area contributed by atoms with E-state index in [0.717, 1.165) is 5.69 Å². The first-order valence-corrected chi connectivity index (χ1v) is 6.68. The molecule has 0 saturated heterocycles. The van der Waals surface area contributed by atoms with Gasteiger partial charge in [0.25, 0.3) is 5.91 Å². The lowest BCUT2D eigenvalue weighted by Crippen LogP contribution is -2.27. The molecule has 0 fully saturated rings. The van der Waals surface area contributed by atoms with Gasteiger partial charge in [-0.05, 0) is 24.3 Å². The molecule has 0 aliphatic rings. The number of carbonyl (C=O) groups excluding carboxylic acids is 1. The summed E-state index contributed by atoms with van der Waals surface area (Å²) in [5.41, 5.74) is 1.11. The Morgan fingerprint density at radius 3 is 2.76 bits per heavy atom. The number of rotatable bonds is 6. The Morgan fingerprint density at radius 1 is 1.29 bits per heavy atom. The number of carbonyl (C=O) groups is 1. The van der Waals surface area contributed by atoms with E-state index in [9.17, 15) is 4.79 Å². The molecule has 1 amide bonds. The van der Waals surface area contributed by atoms with E-state index in [0.29, 0.717) is 24.0 Å². The third-order valence-corrected chi connectivity index (χ3v) is 2.86. The highest BCUT2D eigenvalue weighted by Gasteiger charge is 2.08. The maximum Gasteiger partial charge on any atom is 0.270 e. The van der Waals surface area contributed by atoms with E-state index in [1.165, 1.54) is 6.33 Å². The van der Waals surface area contributed by atoms with E-state index in [1.54, 1.807) is 25.3 Å². The molecule has 6 nitrogen and oxygen atoms in total. The van der Waals surface area contributed by atoms with Crippen molar-refractivity contribution in [1.82, 2.24) is 15.3 Å². The highest BCUT2D eigenvalue weighted by molar-refractivity contribution is 6.30. The van der Waals surface area contributed by atoms with Crippen molar-refractivity contribution in [2.75, 3.05) is 25.6 Å². The maximum atomic E-state index is 11.9. The minimum absolute atomic E-state index is 0.270. The van der Waals surface area contributed by atoms with Crippen molar-refractivity contribution >= 4 is 29.0 Å². The zero-order valence-corrected chi connectivity index (χ0v) is 12.2. The molecule has 1 aromatic heterocycles. The lowest BCUT2D eigenvalue weighted by atomic mass is 10.3. The Hall–Kier alpha value is -2.18. The quantitative estimate of drug-likeness (QED) is 0.801. The van der Waals surface area contributed by atoms with Crippen molar-refractivity contribution in [2.24, 2.45) is 0 Å². The van der Waals surface area contributed by atoms with Gasteiger partial charge in [0.1, 0.15) is 17.8 Å². The smallest absolute Gasteiger partial charge is 0.270 e. The molecule has 0 unspecified atom stereocenters. The first kappa shape index (κ1) is 15.2. The van der Waals surface area contributed by atoms with Gasteiger partial charge in [-0.25, -0.2) is 9.97 Å². The monoisotopic (exact) mass is 306 g/mol. The van der Waals surface area contributed by atoms with Crippen LogP contribution in [0.1, 0.15) is 10.5 Å². The summed E-state index contributed by atoms with van der Waals surface area (Å²) in [6.45, 7) is 0.881. The molecule has 1 heterocycles. The third kappa shape index (κ3) is 4.70. The summed E-state index contributed by atoms with van der Waals surface area (Å²) < 4.78 is 4.87. The summed E-state index contributed by atoms with van der Waals surface area (Å²) in [6, 6.07) is 8.76. The van der Waals surface area contributed by atoms with Gasteiger partial charge in [0.05, 0.1) is 6.61 Å². The van der Waals surface area contributed by atoms with Crippen molar-refractivity contribution in [1.29, 1.82) is 0 Å². The summed E-state index contributed by atoms with van der Waals surface area (Å²) in [4.78, 5) is 19.9. The summed E-state index contributed by atoms with van der Waals surface area (Å²) in [7, 11) is 1.57. The molecule has 21 heavy (non-hydrogen) atoms. The van der Waals surface area contributed by atoms with Crippen molar-refractivity contribution in [3.05, 3.63) is 47.4 Å². The number of halogens is 1. The van der Waals surface area contributed by atoms with E-state index in [4.69, 9.17) is 16.3 Å². The van der Waals surface area contributed by atoms with Crippen LogP contribution in [0.25, 0.3) is 0 Å². The fourth-order valence-corrected chi connectivity index (χ4v) is 1.71. The molecule has 2 aromatic rings. The van der Waals surface area contributed by atoms with Crippen LogP contribution in [0.15, 0.2) is 36.7 Å². The van der Waals surface area contributed by atoms with Crippen LogP contribution in [0.5, 0.6) is 0 Å². The van der Waals surface area contributed by atoms with E-state index >= 15 is 0 Å². The minimum atomic E-state index is -0.270. The number of hydrogen-bond donors (Lipinski definition) is 2. The van der Waals surface area contributed by atoms with Gasteiger partial charge in [0, 0.05) is 30.4 Å². The number of amides is 1. The number of ether oxygens (including phenoxy) is 1.